The van der Waals surface area contributed by atoms with E-state index >= 15 is 0 Å². The van der Waals surface area contributed by atoms with Crippen LogP contribution in [0.15, 0.2) is 107 Å². The van der Waals surface area contributed by atoms with Crippen LogP contribution in [-0.4, -0.2) is 4.57 Å². The summed E-state index contributed by atoms with van der Waals surface area (Å²) >= 11 is 0. The van der Waals surface area contributed by atoms with Crippen LogP contribution in [0.1, 0.15) is 54.1 Å². The Bertz CT molecular complexity index is 2450. The van der Waals surface area contributed by atoms with E-state index in [4.69, 9.17) is 4.42 Å². The van der Waals surface area contributed by atoms with Gasteiger partial charge in [-0.15, -0.1) is 0 Å². The monoisotopic (exact) mass is 579 g/mol. The van der Waals surface area contributed by atoms with Crippen molar-refractivity contribution in [2.45, 2.75) is 38.0 Å². The van der Waals surface area contributed by atoms with Gasteiger partial charge in [0, 0.05) is 44.5 Å². The fourth-order valence-corrected chi connectivity index (χ4v) is 8.23. The molecular formula is C41H29N3O. The van der Waals surface area contributed by atoms with Gasteiger partial charge in [0.15, 0.2) is 0 Å². The number of nitriles is 2. The molecule has 2 aromatic heterocycles. The molecule has 0 saturated heterocycles. The van der Waals surface area contributed by atoms with E-state index in [1.807, 2.05) is 24.3 Å². The van der Waals surface area contributed by atoms with Crippen LogP contribution in [0.4, 0.5) is 0 Å². The molecule has 3 aliphatic rings. The topological polar surface area (TPSA) is 65.7 Å². The number of hydrogen-bond donors (Lipinski definition) is 0. The molecule has 0 radical (unpaired) electrons. The number of para-hydroxylation sites is 1. The summed E-state index contributed by atoms with van der Waals surface area (Å²) in [6.07, 6.45) is 12.6. The number of benzene rings is 4. The first-order valence-electron chi connectivity index (χ1n) is 15.6. The van der Waals surface area contributed by atoms with Crippen molar-refractivity contribution in [3.8, 4) is 29.0 Å². The van der Waals surface area contributed by atoms with Crippen LogP contribution in [0.25, 0.3) is 55.7 Å². The van der Waals surface area contributed by atoms with Crippen LogP contribution in [0.2, 0.25) is 0 Å². The lowest BCUT2D eigenvalue weighted by Crippen LogP contribution is -2.24. The lowest BCUT2D eigenvalue weighted by molar-refractivity contribution is 0.394. The zero-order valence-corrected chi connectivity index (χ0v) is 25.1. The molecular weight excluding hydrogens is 550 g/mol. The fourth-order valence-electron chi connectivity index (χ4n) is 8.23. The summed E-state index contributed by atoms with van der Waals surface area (Å²) in [5.41, 5.74) is 12.4. The molecule has 214 valence electrons. The van der Waals surface area contributed by atoms with Crippen LogP contribution >= 0.6 is 0 Å². The van der Waals surface area contributed by atoms with E-state index in [0.717, 1.165) is 67.2 Å². The molecule has 9 rings (SSSR count). The van der Waals surface area contributed by atoms with E-state index < -0.39 is 0 Å². The minimum atomic E-state index is 0.0266. The Kier molecular flexibility index (Phi) is 5.30. The zero-order chi connectivity index (χ0) is 30.4. The van der Waals surface area contributed by atoms with Crippen molar-refractivity contribution in [3.63, 3.8) is 0 Å². The molecule has 3 aliphatic carbocycles. The van der Waals surface area contributed by atoms with E-state index in [0.29, 0.717) is 23.8 Å². The number of furan rings is 1. The first-order chi connectivity index (χ1) is 22.0. The molecule has 4 aromatic carbocycles. The largest absolute Gasteiger partial charge is 0.456 e. The first kappa shape index (κ1) is 25.9. The number of fused-ring (bicyclic) bond motifs is 9. The third-order valence-corrected chi connectivity index (χ3v) is 10.5. The summed E-state index contributed by atoms with van der Waals surface area (Å²) in [6.45, 7) is 4.69. The summed E-state index contributed by atoms with van der Waals surface area (Å²) in [5, 5.41) is 23.0. The fraction of sp³-hybridized carbons (Fsp3) is 0.171. The van der Waals surface area contributed by atoms with Crippen LogP contribution in [0, 0.1) is 28.6 Å². The van der Waals surface area contributed by atoms with Gasteiger partial charge in [-0.2, -0.15) is 10.5 Å². The van der Waals surface area contributed by atoms with Crippen molar-refractivity contribution >= 4 is 38.9 Å². The average Bonchev–Trinajstić information content (AvgIpc) is 3.68. The second-order valence-electron chi connectivity index (χ2n) is 13.1. The average molecular weight is 580 g/mol. The number of rotatable bonds is 2. The van der Waals surface area contributed by atoms with Gasteiger partial charge < -0.3 is 8.98 Å². The lowest BCUT2D eigenvalue weighted by Gasteiger charge is -2.29. The smallest absolute Gasteiger partial charge is 0.135 e. The van der Waals surface area contributed by atoms with Crippen molar-refractivity contribution in [1.29, 1.82) is 10.5 Å². The lowest BCUT2D eigenvalue weighted by atomic mass is 9.74. The Hall–Kier alpha value is -5.58. The van der Waals surface area contributed by atoms with Gasteiger partial charge in [0.1, 0.15) is 11.2 Å². The molecule has 0 saturated carbocycles. The summed E-state index contributed by atoms with van der Waals surface area (Å²) in [5.74, 6) is 0.805. The van der Waals surface area contributed by atoms with Crippen molar-refractivity contribution < 1.29 is 4.42 Å². The summed E-state index contributed by atoms with van der Waals surface area (Å²) < 4.78 is 8.80. The number of nitrogens with zero attached hydrogens (tertiary/aromatic N) is 3. The Labute approximate surface area is 261 Å². The molecule has 4 nitrogen and oxygen atoms in total. The van der Waals surface area contributed by atoms with Crippen LogP contribution in [-0.2, 0) is 11.8 Å². The predicted octanol–water partition coefficient (Wildman–Crippen LogP) is 10.0. The number of aromatic nitrogens is 1. The molecule has 2 atom stereocenters. The predicted molar refractivity (Wildman–Crippen MR) is 180 cm³/mol. The highest BCUT2D eigenvalue weighted by Gasteiger charge is 2.44. The standard InChI is InChI=1S/C41H29N3O/c1-41(2)34-9-5-3-7-28(34)30-20-33-32-19-26(13-16-39(32)45-40(33)21-35(30)41)27-14-11-25(23-43)18-38(27)44-36-10-6-4-8-29(36)31-17-24(22-42)12-15-37(31)44/h3-11,13-14,16-21,28,34H,12,15H2,1-2H3. The van der Waals surface area contributed by atoms with Crippen LogP contribution in [0.3, 0.4) is 0 Å². The molecule has 0 bridgehead atoms. The molecule has 0 N–H and O–H groups in total. The quantitative estimate of drug-likeness (QED) is 0.205. The Morgan fingerprint density at radius 2 is 1.67 bits per heavy atom. The van der Waals surface area contributed by atoms with Gasteiger partial charge in [-0.1, -0.05) is 68.5 Å². The molecule has 0 spiro atoms. The van der Waals surface area contributed by atoms with E-state index in [9.17, 15) is 10.5 Å². The minimum absolute atomic E-state index is 0.0266. The van der Waals surface area contributed by atoms with Crippen molar-refractivity contribution in [3.05, 3.63) is 131 Å². The Morgan fingerprint density at radius 1 is 0.822 bits per heavy atom. The van der Waals surface area contributed by atoms with Gasteiger partial charge in [0.05, 0.1) is 28.9 Å². The maximum absolute atomic E-state index is 9.94. The van der Waals surface area contributed by atoms with Gasteiger partial charge in [-0.3, -0.25) is 0 Å². The maximum Gasteiger partial charge on any atom is 0.135 e. The van der Waals surface area contributed by atoms with E-state index in [2.05, 4.69) is 109 Å². The van der Waals surface area contributed by atoms with Crippen LogP contribution in [0.5, 0.6) is 0 Å². The molecule has 2 unspecified atom stereocenters. The van der Waals surface area contributed by atoms with Gasteiger partial charge in [0.2, 0.25) is 0 Å². The first-order valence-corrected chi connectivity index (χ1v) is 15.6. The van der Waals surface area contributed by atoms with Gasteiger partial charge in [-0.25, -0.2) is 0 Å². The van der Waals surface area contributed by atoms with Crippen molar-refractivity contribution in [2.24, 2.45) is 5.92 Å². The second kappa shape index (κ2) is 9.21. The third kappa shape index (κ3) is 3.57. The summed E-state index contributed by atoms with van der Waals surface area (Å²) in [6, 6.07) is 30.2. The van der Waals surface area contributed by atoms with Crippen LogP contribution < -0.4 is 0 Å². The molecule has 45 heavy (non-hydrogen) atoms. The van der Waals surface area contributed by atoms with Gasteiger partial charge in [0.25, 0.3) is 0 Å². The van der Waals surface area contributed by atoms with E-state index in [1.54, 1.807) is 0 Å². The van der Waals surface area contributed by atoms with Crippen molar-refractivity contribution in [1.82, 2.24) is 4.57 Å². The Balaban J connectivity index is 1.27. The van der Waals surface area contributed by atoms with E-state index in [-0.39, 0.29) is 5.41 Å². The SMILES string of the molecule is CC1(C)c2cc3oc4ccc(-c5ccc(C#N)cc5-n5c6c(c7ccccc75)C=C(C#N)CC6)cc4c3cc2C2C=CC=CC21. The van der Waals surface area contributed by atoms with E-state index in [1.165, 1.54) is 16.8 Å². The maximum atomic E-state index is 9.94. The number of allylic oxidation sites excluding steroid dienone is 5. The normalized spacial score (nSPS) is 19.2. The highest BCUT2D eigenvalue weighted by atomic mass is 16.3. The highest BCUT2D eigenvalue weighted by molar-refractivity contribution is 6.07. The molecule has 0 aliphatic heterocycles. The molecule has 6 aromatic rings. The summed E-state index contributed by atoms with van der Waals surface area (Å²) in [4.78, 5) is 0. The highest BCUT2D eigenvalue weighted by Crippen LogP contribution is 2.54. The second-order valence-corrected chi connectivity index (χ2v) is 13.1. The third-order valence-electron chi connectivity index (χ3n) is 10.5. The van der Waals surface area contributed by atoms with Gasteiger partial charge >= 0.3 is 0 Å². The van der Waals surface area contributed by atoms with Gasteiger partial charge in [-0.05, 0) is 89.4 Å². The zero-order valence-electron chi connectivity index (χ0n) is 25.1. The molecule has 0 fully saturated rings. The Morgan fingerprint density at radius 3 is 2.53 bits per heavy atom. The summed E-state index contributed by atoms with van der Waals surface area (Å²) in [7, 11) is 0. The number of hydrogen-bond acceptors (Lipinski definition) is 3. The molecule has 2 heterocycles. The molecule has 4 heteroatoms. The minimum Gasteiger partial charge on any atom is -0.456 e. The molecule has 0 amide bonds. The van der Waals surface area contributed by atoms with Crippen molar-refractivity contribution in [2.75, 3.05) is 0 Å².